The van der Waals surface area contributed by atoms with Crippen LogP contribution in [0.5, 0.6) is 0 Å². The number of thioether (sulfide) groups is 1. The van der Waals surface area contributed by atoms with Crippen molar-refractivity contribution in [3.8, 4) is 0 Å². The summed E-state index contributed by atoms with van der Waals surface area (Å²) >= 11 is 1.83. The third-order valence-electron chi connectivity index (χ3n) is 6.21. The first-order valence-corrected chi connectivity index (χ1v) is 14.9. The van der Waals surface area contributed by atoms with E-state index in [-0.39, 0.29) is 5.91 Å². The lowest BCUT2D eigenvalue weighted by Crippen LogP contribution is -2.11. The van der Waals surface area contributed by atoms with Gasteiger partial charge in [-0.25, -0.2) is 0 Å². The standard InChI is InChI=1S/C29H49NO3S/c1-2-3-25-34-27-22-20-19-21-26(27)30-28(31)23-17-15-13-11-9-7-5-4-6-8-10-12-14-16-18-24-29(32)33/h19-22H,2-18,23-25H2,1H3,(H,30,31)(H,32,33). The topological polar surface area (TPSA) is 66.4 Å². The van der Waals surface area contributed by atoms with Gasteiger partial charge in [-0.3, -0.25) is 9.59 Å². The molecular weight excluding hydrogens is 442 g/mol. The zero-order valence-electron chi connectivity index (χ0n) is 21.6. The van der Waals surface area contributed by atoms with Crippen molar-refractivity contribution in [3.05, 3.63) is 24.3 Å². The van der Waals surface area contributed by atoms with Gasteiger partial charge in [0.25, 0.3) is 0 Å². The summed E-state index contributed by atoms with van der Waals surface area (Å²) in [6.07, 6.45) is 21.6. The second-order valence-corrected chi connectivity index (χ2v) is 10.6. The van der Waals surface area contributed by atoms with Crippen molar-refractivity contribution in [2.45, 2.75) is 134 Å². The predicted molar refractivity (Wildman–Crippen MR) is 147 cm³/mol. The van der Waals surface area contributed by atoms with E-state index in [1.54, 1.807) is 0 Å². The first-order valence-electron chi connectivity index (χ1n) is 13.9. The molecule has 4 nitrogen and oxygen atoms in total. The Morgan fingerprint density at radius 2 is 1.18 bits per heavy atom. The van der Waals surface area contributed by atoms with Crippen LogP contribution in [0.4, 0.5) is 5.69 Å². The Kier molecular flexibility index (Phi) is 19.8. The highest BCUT2D eigenvalue weighted by Crippen LogP contribution is 2.28. The highest BCUT2D eigenvalue weighted by Gasteiger charge is 2.07. The lowest BCUT2D eigenvalue weighted by atomic mass is 10.0. The number of unbranched alkanes of at least 4 members (excludes halogenated alkanes) is 15. The number of rotatable bonds is 23. The molecule has 5 heteroatoms. The van der Waals surface area contributed by atoms with E-state index in [1.807, 2.05) is 30.0 Å². The normalized spacial score (nSPS) is 11.0. The summed E-state index contributed by atoms with van der Waals surface area (Å²) in [5.41, 5.74) is 0.962. The molecule has 0 aliphatic heterocycles. The molecule has 1 amide bonds. The number of benzene rings is 1. The molecule has 0 spiro atoms. The zero-order valence-corrected chi connectivity index (χ0v) is 22.4. The van der Waals surface area contributed by atoms with E-state index in [2.05, 4.69) is 18.3 Å². The maximum absolute atomic E-state index is 12.3. The smallest absolute Gasteiger partial charge is 0.303 e. The number of carboxylic acid groups (broad SMARTS) is 1. The maximum atomic E-state index is 12.3. The number of hydrogen-bond acceptors (Lipinski definition) is 3. The van der Waals surface area contributed by atoms with Crippen LogP contribution in [0, 0.1) is 0 Å². The van der Waals surface area contributed by atoms with Gasteiger partial charge < -0.3 is 10.4 Å². The summed E-state index contributed by atoms with van der Waals surface area (Å²) in [5, 5.41) is 11.7. The van der Waals surface area contributed by atoms with Crippen molar-refractivity contribution in [3.63, 3.8) is 0 Å². The fourth-order valence-corrected chi connectivity index (χ4v) is 5.20. The summed E-state index contributed by atoms with van der Waals surface area (Å²) in [5.74, 6) is 0.571. The van der Waals surface area contributed by atoms with E-state index < -0.39 is 5.97 Å². The minimum atomic E-state index is -0.669. The molecule has 0 radical (unpaired) electrons. The summed E-state index contributed by atoms with van der Waals surface area (Å²) in [6, 6.07) is 8.15. The second kappa shape index (κ2) is 22.0. The molecule has 2 N–H and O–H groups in total. The molecule has 1 rings (SSSR count). The molecule has 0 bridgehead atoms. The third-order valence-corrected chi connectivity index (χ3v) is 7.37. The van der Waals surface area contributed by atoms with Gasteiger partial charge in [-0.15, -0.1) is 11.8 Å². The van der Waals surface area contributed by atoms with Crippen LogP contribution in [0.15, 0.2) is 29.2 Å². The average molecular weight is 492 g/mol. The molecule has 0 saturated heterocycles. The van der Waals surface area contributed by atoms with Gasteiger partial charge in [-0.1, -0.05) is 109 Å². The van der Waals surface area contributed by atoms with Gasteiger partial charge in [0.05, 0.1) is 5.69 Å². The Labute approximate surface area is 213 Å². The molecule has 34 heavy (non-hydrogen) atoms. The Morgan fingerprint density at radius 1 is 0.706 bits per heavy atom. The van der Waals surface area contributed by atoms with Crippen LogP contribution in [0.25, 0.3) is 0 Å². The Hall–Kier alpha value is -1.49. The molecule has 194 valence electrons. The van der Waals surface area contributed by atoms with Crippen molar-refractivity contribution in [2.75, 3.05) is 11.1 Å². The van der Waals surface area contributed by atoms with Crippen LogP contribution in [0.2, 0.25) is 0 Å². The van der Waals surface area contributed by atoms with Gasteiger partial charge in [-0.2, -0.15) is 0 Å². The predicted octanol–water partition coefficient (Wildman–Crippen LogP) is 9.23. The van der Waals surface area contributed by atoms with Crippen LogP contribution in [0.3, 0.4) is 0 Å². The highest BCUT2D eigenvalue weighted by atomic mass is 32.2. The Morgan fingerprint density at radius 3 is 1.68 bits per heavy atom. The van der Waals surface area contributed by atoms with Crippen LogP contribution < -0.4 is 5.32 Å². The second-order valence-electron chi connectivity index (χ2n) is 9.44. The maximum Gasteiger partial charge on any atom is 0.303 e. The van der Waals surface area contributed by atoms with E-state index in [1.165, 1.54) is 88.4 Å². The van der Waals surface area contributed by atoms with E-state index >= 15 is 0 Å². The summed E-state index contributed by atoms with van der Waals surface area (Å²) in [7, 11) is 0. The van der Waals surface area contributed by atoms with Gasteiger partial charge in [0, 0.05) is 17.7 Å². The first-order chi connectivity index (χ1) is 16.6. The minimum absolute atomic E-state index is 0.142. The van der Waals surface area contributed by atoms with Crippen molar-refractivity contribution in [1.82, 2.24) is 0 Å². The van der Waals surface area contributed by atoms with Gasteiger partial charge in [-0.05, 0) is 37.1 Å². The molecule has 1 aromatic carbocycles. The van der Waals surface area contributed by atoms with Crippen molar-refractivity contribution < 1.29 is 14.7 Å². The van der Waals surface area contributed by atoms with Crippen LogP contribution in [0.1, 0.15) is 129 Å². The Balaban J connectivity index is 1.90. The van der Waals surface area contributed by atoms with E-state index in [4.69, 9.17) is 5.11 Å². The number of carbonyl (C=O) groups is 2. The van der Waals surface area contributed by atoms with Gasteiger partial charge in [0.2, 0.25) is 5.91 Å². The highest BCUT2D eigenvalue weighted by molar-refractivity contribution is 7.99. The van der Waals surface area contributed by atoms with E-state index in [9.17, 15) is 9.59 Å². The number of carbonyl (C=O) groups excluding carboxylic acids is 1. The number of nitrogens with one attached hydrogen (secondary N) is 1. The lowest BCUT2D eigenvalue weighted by Gasteiger charge is -2.10. The van der Waals surface area contributed by atoms with Crippen molar-refractivity contribution >= 4 is 29.3 Å². The molecule has 0 aliphatic carbocycles. The summed E-state index contributed by atoms with van der Waals surface area (Å²) < 4.78 is 0. The molecule has 0 aromatic heterocycles. The SMILES string of the molecule is CCCCSc1ccccc1NC(=O)CCCCCCCCCCCCCCCCCC(=O)O. The fraction of sp³-hybridized carbons (Fsp3) is 0.724. The summed E-state index contributed by atoms with van der Waals surface area (Å²) in [6.45, 7) is 2.20. The minimum Gasteiger partial charge on any atom is -0.481 e. The number of amides is 1. The lowest BCUT2D eigenvalue weighted by molar-refractivity contribution is -0.137. The van der Waals surface area contributed by atoms with E-state index in [0.29, 0.717) is 12.8 Å². The molecule has 0 atom stereocenters. The molecule has 0 saturated carbocycles. The van der Waals surface area contributed by atoms with Crippen molar-refractivity contribution in [2.24, 2.45) is 0 Å². The number of para-hydroxylation sites is 1. The number of aliphatic carboxylic acids is 1. The number of hydrogen-bond donors (Lipinski definition) is 2. The number of anilines is 1. The number of carboxylic acids is 1. The van der Waals surface area contributed by atoms with Crippen LogP contribution >= 0.6 is 11.8 Å². The fourth-order valence-electron chi connectivity index (χ4n) is 4.09. The van der Waals surface area contributed by atoms with Gasteiger partial charge in [0.1, 0.15) is 0 Å². The molecular formula is C29H49NO3S. The quantitative estimate of drug-likeness (QED) is 0.118. The van der Waals surface area contributed by atoms with Gasteiger partial charge >= 0.3 is 5.97 Å². The largest absolute Gasteiger partial charge is 0.481 e. The molecule has 0 heterocycles. The first kappa shape index (κ1) is 30.5. The molecule has 0 unspecified atom stereocenters. The van der Waals surface area contributed by atoms with Crippen molar-refractivity contribution in [1.29, 1.82) is 0 Å². The third kappa shape index (κ3) is 17.9. The molecule has 1 aromatic rings. The Bertz CT molecular complexity index is 650. The molecule has 0 fully saturated rings. The van der Waals surface area contributed by atoms with E-state index in [0.717, 1.165) is 37.1 Å². The summed E-state index contributed by atoms with van der Waals surface area (Å²) in [4.78, 5) is 24.0. The average Bonchev–Trinajstić information content (AvgIpc) is 2.82. The van der Waals surface area contributed by atoms with Crippen LogP contribution in [-0.4, -0.2) is 22.7 Å². The molecule has 0 aliphatic rings. The van der Waals surface area contributed by atoms with Gasteiger partial charge in [0.15, 0.2) is 0 Å². The zero-order chi connectivity index (χ0) is 24.7. The monoisotopic (exact) mass is 491 g/mol. The van der Waals surface area contributed by atoms with Crippen LogP contribution in [-0.2, 0) is 9.59 Å².